The highest BCUT2D eigenvalue weighted by Crippen LogP contribution is 2.30. The number of hydrogen-bond acceptors (Lipinski definition) is 0. The molecule has 4 unspecified atom stereocenters. The van der Waals surface area contributed by atoms with Gasteiger partial charge in [0.05, 0.1) is 0 Å². The van der Waals surface area contributed by atoms with Crippen LogP contribution in [0.1, 0.15) is 87.5 Å². The van der Waals surface area contributed by atoms with Gasteiger partial charge in [0.15, 0.2) is 0 Å². The molecule has 0 aliphatic carbocycles. The van der Waals surface area contributed by atoms with E-state index in [1.165, 1.54) is 32.1 Å². The van der Waals surface area contributed by atoms with Gasteiger partial charge in [-0.05, 0) is 41.9 Å². The summed E-state index contributed by atoms with van der Waals surface area (Å²) in [6.07, 6.45) is 7.06. The first kappa shape index (κ1) is 19.0. The lowest BCUT2D eigenvalue weighted by atomic mass is 9.79. The summed E-state index contributed by atoms with van der Waals surface area (Å²) in [7, 11) is 0. The van der Waals surface area contributed by atoms with Crippen LogP contribution in [0.4, 0.5) is 0 Å². The Morgan fingerprint density at radius 2 is 1.32 bits per heavy atom. The first-order chi connectivity index (χ1) is 8.79. The Morgan fingerprint density at radius 3 is 1.74 bits per heavy atom. The van der Waals surface area contributed by atoms with Gasteiger partial charge in [0.25, 0.3) is 0 Å². The third kappa shape index (κ3) is 8.00. The highest BCUT2D eigenvalue weighted by atomic mass is 14.2. The van der Waals surface area contributed by atoms with Crippen molar-refractivity contribution in [2.75, 3.05) is 0 Å². The Kier molecular flexibility index (Phi) is 9.83. The first-order valence-electron chi connectivity index (χ1n) is 8.79. The molecule has 0 aromatic rings. The van der Waals surface area contributed by atoms with Crippen molar-refractivity contribution < 1.29 is 0 Å². The van der Waals surface area contributed by atoms with Crippen molar-refractivity contribution >= 4 is 0 Å². The van der Waals surface area contributed by atoms with Gasteiger partial charge >= 0.3 is 0 Å². The van der Waals surface area contributed by atoms with Crippen LogP contribution in [0.15, 0.2) is 0 Å². The molecule has 0 N–H and O–H groups in total. The van der Waals surface area contributed by atoms with E-state index >= 15 is 0 Å². The summed E-state index contributed by atoms with van der Waals surface area (Å²) in [4.78, 5) is 0. The summed E-state index contributed by atoms with van der Waals surface area (Å²) in [6.45, 7) is 19.2. The van der Waals surface area contributed by atoms with Crippen LogP contribution in [0.2, 0.25) is 0 Å². The maximum Gasteiger partial charge on any atom is -0.0389 e. The average molecular weight is 269 g/mol. The van der Waals surface area contributed by atoms with Crippen LogP contribution < -0.4 is 0 Å². The van der Waals surface area contributed by atoms with Crippen LogP contribution in [-0.4, -0.2) is 0 Å². The van der Waals surface area contributed by atoms with Gasteiger partial charge in [-0.3, -0.25) is 0 Å². The Balaban J connectivity index is 4.06. The van der Waals surface area contributed by atoms with Crippen molar-refractivity contribution in [1.82, 2.24) is 0 Å². The molecule has 0 rings (SSSR count). The summed E-state index contributed by atoms with van der Waals surface area (Å²) in [6, 6.07) is 0. The van der Waals surface area contributed by atoms with E-state index in [9.17, 15) is 0 Å². The lowest BCUT2D eigenvalue weighted by molar-refractivity contribution is 0.244. The molecular weight excluding hydrogens is 228 g/mol. The molecule has 0 spiro atoms. The third-order valence-corrected chi connectivity index (χ3v) is 5.53. The molecule has 19 heavy (non-hydrogen) atoms. The molecule has 0 aromatic carbocycles. The van der Waals surface area contributed by atoms with Crippen molar-refractivity contribution in [2.24, 2.45) is 35.5 Å². The fourth-order valence-corrected chi connectivity index (χ4v) is 3.03. The van der Waals surface area contributed by atoms with Gasteiger partial charge in [-0.25, -0.2) is 0 Å². The average Bonchev–Trinajstić information content (AvgIpc) is 2.35. The number of rotatable bonds is 10. The topological polar surface area (TPSA) is 0 Å². The van der Waals surface area contributed by atoms with E-state index in [2.05, 4.69) is 55.4 Å². The minimum Gasteiger partial charge on any atom is -0.0651 e. The molecule has 0 radical (unpaired) electrons. The molecule has 0 nitrogen and oxygen atoms in total. The van der Waals surface area contributed by atoms with Crippen LogP contribution in [0.5, 0.6) is 0 Å². The lowest BCUT2D eigenvalue weighted by Crippen LogP contribution is -2.16. The van der Waals surface area contributed by atoms with Crippen molar-refractivity contribution in [3.05, 3.63) is 0 Å². The van der Waals surface area contributed by atoms with E-state index in [1.807, 2.05) is 0 Å². The molecule has 0 aliphatic rings. The maximum atomic E-state index is 2.45. The SMILES string of the molecule is CCC(C)CC(CCCC(C)C(C)C(C)C)C(C)C. The van der Waals surface area contributed by atoms with Crippen LogP contribution in [-0.2, 0) is 0 Å². The normalized spacial score (nSPS) is 18.6. The van der Waals surface area contributed by atoms with Gasteiger partial charge in [-0.2, -0.15) is 0 Å². The second-order valence-electron chi connectivity index (χ2n) is 7.76. The van der Waals surface area contributed by atoms with Gasteiger partial charge < -0.3 is 0 Å². The molecule has 0 fully saturated rings. The molecule has 0 heterocycles. The Morgan fingerprint density at radius 1 is 0.737 bits per heavy atom. The van der Waals surface area contributed by atoms with Gasteiger partial charge in [-0.1, -0.05) is 81.1 Å². The first-order valence-corrected chi connectivity index (χ1v) is 8.79. The van der Waals surface area contributed by atoms with E-state index in [4.69, 9.17) is 0 Å². The molecule has 0 bridgehead atoms. The third-order valence-electron chi connectivity index (χ3n) is 5.53. The van der Waals surface area contributed by atoms with Crippen LogP contribution in [0.25, 0.3) is 0 Å². The Bertz CT molecular complexity index is 204. The number of hydrogen-bond donors (Lipinski definition) is 0. The fraction of sp³-hybridized carbons (Fsp3) is 1.00. The zero-order valence-electron chi connectivity index (χ0n) is 15.0. The molecule has 0 aliphatic heterocycles. The van der Waals surface area contributed by atoms with E-state index in [1.54, 1.807) is 0 Å². The van der Waals surface area contributed by atoms with E-state index < -0.39 is 0 Å². The highest BCUT2D eigenvalue weighted by Gasteiger charge is 2.19. The van der Waals surface area contributed by atoms with Gasteiger partial charge in [0.2, 0.25) is 0 Å². The maximum absolute atomic E-state index is 2.45. The van der Waals surface area contributed by atoms with Gasteiger partial charge in [0, 0.05) is 0 Å². The van der Waals surface area contributed by atoms with Crippen LogP contribution in [0.3, 0.4) is 0 Å². The standard InChI is InChI=1S/C19H40/c1-9-16(6)13-19(15(4)5)12-10-11-17(7)18(8)14(2)3/h14-19H,9-13H2,1-8H3. The minimum atomic E-state index is 0.830. The van der Waals surface area contributed by atoms with Crippen molar-refractivity contribution in [3.8, 4) is 0 Å². The lowest BCUT2D eigenvalue weighted by Gasteiger charge is -2.26. The van der Waals surface area contributed by atoms with Crippen molar-refractivity contribution in [2.45, 2.75) is 87.5 Å². The fourth-order valence-electron chi connectivity index (χ4n) is 3.03. The Labute approximate surface area is 123 Å². The monoisotopic (exact) mass is 268 g/mol. The Hall–Kier alpha value is 0. The smallest absolute Gasteiger partial charge is 0.0389 e. The molecule has 0 heteroatoms. The molecule has 0 saturated heterocycles. The zero-order valence-corrected chi connectivity index (χ0v) is 15.0. The van der Waals surface area contributed by atoms with Gasteiger partial charge in [0.1, 0.15) is 0 Å². The van der Waals surface area contributed by atoms with Crippen LogP contribution >= 0.6 is 0 Å². The zero-order chi connectivity index (χ0) is 15.0. The predicted molar refractivity (Wildman–Crippen MR) is 89.4 cm³/mol. The van der Waals surface area contributed by atoms with Crippen molar-refractivity contribution in [3.63, 3.8) is 0 Å². The summed E-state index contributed by atoms with van der Waals surface area (Å²) in [5.41, 5.74) is 0. The van der Waals surface area contributed by atoms with E-state index in [0.717, 1.165) is 35.5 Å². The molecular formula is C19H40. The molecule has 0 amide bonds. The minimum absolute atomic E-state index is 0.830. The van der Waals surface area contributed by atoms with E-state index in [0.29, 0.717) is 0 Å². The second kappa shape index (κ2) is 9.83. The van der Waals surface area contributed by atoms with Crippen LogP contribution in [0, 0.1) is 35.5 Å². The molecule has 4 atom stereocenters. The van der Waals surface area contributed by atoms with Gasteiger partial charge in [-0.15, -0.1) is 0 Å². The predicted octanol–water partition coefficient (Wildman–Crippen LogP) is 6.79. The molecule has 0 aromatic heterocycles. The molecule has 116 valence electrons. The van der Waals surface area contributed by atoms with Crippen molar-refractivity contribution in [1.29, 1.82) is 0 Å². The quantitative estimate of drug-likeness (QED) is 0.409. The summed E-state index contributed by atoms with van der Waals surface area (Å²) >= 11 is 0. The second-order valence-corrected chi connectivity index (χ2v) is 7.76. The van der Waals surface area contributed by atoms with E-state index in [-0.39, 0.29) is 0 Å². The summed E-state index contributed by atoms with van der Waals surface area (Å²) in [5.74, 6) is 5.28. The largest absolute Gasteiger partial charge is 0.0651 e. The summed E-state index contributed by atoms with van der Waals surface area (Å²) < 4.78 is 0. The molecule has 0 saturated carbocycles. The summed E-state index contributed by atoms with van der Waals surface area (Å²) in [5, 5.41) is 0. The highest BCUT2D eigenvalue weighted by molar-refractivity contribution is 4.70.